The molecule has 0 aliphatic carbocycles. The number of quaternary nitrogens is 2. The molecular formula is C52H102Br2N2O8. The fraction of sp³-hybridized carbons (Fsp3) is 0.923. The van der Waals surface area contributed by atoms with Crippen LogP contribution in [0.5, 0.6) is 0 Å². The van der Waals surface area contributed by atoms with E-state index in [1.165, 1.54) is 168 Å². The summed E-state index contributed by atoms with van der Waals surface area (Å²) in [4.78, 5) is 46.0. The summed E-state index contributed by atoms with van der Waals surface area (Å²) in [7, 11) is 8.83. The number of carbonyl (C=O) groups excluding carboxylic acids is 4. The highest BCUT2D eigenvalue weighted by Crippen LogP contribution is 2.16. The van der Waals surface area contributed by atoms with Gasteiger partial charge in [-0.15, -0.1) is 0 Å². The van der Waals surface area contributed by atoms with Crippen LogP contribution >= 0.6 is 0 Å². The van der Waals surface area contributed by atoms with Crippen LogP contribution in [0.4, 0.5) is 0 Å². The Morgan fingerprint density at radius 1 is 0.281 bits per heavy atom. The normalized spacial score (nSPS) is 11.4. The summed E-state index contributed by atoms with van der Waals surface area (Å²) in [5.74, 6) is -0.429. The topological polar surface area (TPSA) is 105 Å². The third-order valence-corrected chi connectivity index (χ3v) is 12.4. The Kier molecular flexibility index (Phi) is 50.5. The van der Waals surface area contributed by atoms with Crippen molar-refractivity contribution >= 4 is 23.9 Å². The van der Waals surface area contributed by atoms with E-state index < -0.39 is 0 Å². The molecule has 64 heavy (non-hydrogen) atoms. The summed E-state index contributed by atoms with van der Waals surface area (Å²) in [6, 6.07) is 0. The standard InChI is InChI=1S/C52H102N2O8.2BrH/c1-49(55)59-47-43-53(3,4)41-35-29-23-17-13-19-25-31-37-45-61-51(57)39-33-27-21-15-11-9-7-8-10-12-16-22-28-34-40-52(58)62-46-38-32-26-20-14-18-24-30-36-42-54(5,6)44-48-60-50(2)56;;/h7-48H2,1-6H3;2*1H/q+2;;/p-2. The van der Waals surface area contributed by atoms with Gasteiger partial charge < -0.3 is 61.9 Å². The van der Waals surface area contributed by atoms with Gasteiger partial charge in [-0.25, -0.2) is 0 Å². The van der Waals surface area contributed by atoms with Gasteiger partial charge in [-0.2, -0.15) is 0 Å². The molecule has 382 valence electrons. The minimum atomic E-state index is -0.195. The Bertz CT molecular complexity index is 996. The second kappa shape index (κ2) is 48.2. The molecule has 0 heterocycles. The van der Waals surface area contributed by atoms with Crippen LogP contribution in [0.1, 0.15) is 232 Å². The Morgan fingerprint density at radius 2 is 0.500 bits per heavy atom. The Balaban J connectivity index is -0.0000186. The number of rotatable bonds is 47. The molecule has 10 nitrogen and oxygen atoms in total. The quantitative estimate of drug-likeness (QED) is 0.0290. The van der Waals surface area contributed by atoms with Crippen molar-refractivity contribution < 1.29 is 81.1 Å². The zero-order valence-electron chi connectivity index (χ0n) is 42.6. The lowest BCUT2D eigenvalue weighted by Gasteiger charge is -2.29. The second-order valence-corrected chi connectivity index (χ2v) is 19.7. The van der Waals surface area contributed by atoms with E-state index in [4.69, 9.17) is 18.9 Å². The molecule has 0 saturated heterocycles. The van der Waals surface area contributed by atoms with Gasteiger partial charge in [-0.3, -0.25) is 19.2 Å². The number of likely N-dealkylation sites (N-methyl/N-ethyl adjacent to an activating group) is 2. The molecule has 0 aromatic carbocycles. The summed E-state index contributed by atoms with van der Waals surface area (Å²) < 4.78 is 22.9. The van der Waals surface area contributed by atoms with Crippen molar-refractivity contribution in [3.63, 3.8) is 0 Å². The third kappa shape index (κ3) is 53.4. The van der Waals surface area contributed by atoms with E-state index in [1.54, 1.807) is 0 Å². The minimum absolute atomic E-state index is 0. The van der Waals surface area contributed by atoms with Gasteiger partial charge >= 0.3 is 23.9 Å². The number of nitrogens with zero attached hydrogens (tertiary/aromatic N) is 2. The van der Waals surface area contributed by atoms with Gasteiger partial charge in [0.2, 0.25) is 0 Å². The van der Waals surface area contributed by atoms with Crippen molar-refractivity contribution in [1.82, 2.24) is 0 Å². The summed E-state index contributed by atoms with van der Waals surface area (Å²) in [5, 5.41) is 0. The largest absolute Gasteiger partial charge is 1.00 e. The zero-order chi connectivity index (χ0) is 45.8. The van der Waals surface area contributed by atoms with Gasteiger partial charge in [0.15, 0.2) is 0 Å². The first kappa shape index (κ1) is 67.0. The Hall–Kier alpha value is -1.24. The maximum absolute atomic E-state index is 12.1. The predicted molar refractivity (Wildman–Crippen MR) is 256 cm³/mol. The lowest BCUT2D eigenvalue weighted by atomic mass is 10.0. The van der Waals surface area contributed by atoms with Crippen LogP contribution in [-0.2, 0) is 38.1 Å². The first-order valence-electron chi connectivity index (χ1n) is 26.0. The van der Waals surface area contributed by atoms with Gasteiger partial charge in [0.1, 0.15) is 26.3 Å². The molecule has 0 N–H and O–H groups in total. The molecule has 0 unspecified atom stereocenters. The fourth-order valence-electron chi connectivity index (χ4n) is 8.03. The number of carbonyl (C=O) groups is 4. The number of halogens is 2. The Morgan fingerprint density at radius 3 is 0.750 bits per heavy atom. The predicted octanol–water partition coefficient (Wildman–Crippen LogP) is 6.62. The highest BCUT2D eigenvalue weighted by molar-refractivity contribution is 5.69. The van der Waals surface area contributed by atoms with Gasteiger partial charge in [0, 0.05) is 26.7 Å². The third-order valence-electron chi connectivity index (χ3n) is 12.4. The summed E-state index contributed by atoms with van der Waals surface area (Å²) >= 11 is 0. The SMILES string of the molecule is CC(=O)OCC[N+](C)(C)CCCCCCCCCCCOC(=O)CCCCCCCCCCCCCCCCC(=O)OCCCCCCCCCCC[N+](C)(C)CCOC(C)=O.[Br-].[Br-]. The number of esters is 4. The number of hydrogen-bond donors (Lipinski definition) is 0. The molecule has 0 aromatic rings. The van der Waals surface area contributed by atoms with Gasteiger partial charge in [-0.05, 0) is 51.4 Å². The van der Waals surface area contributed by atoms with Crippen molar-refractivity contribution in [2.24, 2.45) is 0 Å². The highest BCUT2D eigenvalue weighted by atomic mass is 79.9. The first-order valence-corrected chi connectivity index (χ1v) is 26.0. The summed E-state index contributed by atoms with van der Waals surface area (Å²) in [6.45, 7) is 9.10. The van der Waals surface area contributed by atoms with E-state index in [-0.39, 0.29) is 57.8 Å². The monoisotopic (exact) mass is 1040 g/mol. The van der Waals surface area contributed by atoms with Crippen LogP contribution < -0.4 is 34.0 Å². The van der Waals surface area contributed by atoms with E-state index in [1.807, 2.05) is 0 Å². The smallest absolute Gasteiger partial charge is 0.305 e. The Labute approximate surface area is 415 Å². The van der Waals surface area contributed by atoms with Crippen LogP contribution in [0.25, 0.3) is 0 Å². The summed E-state index contributed by atoms with van der Waals surface area (Å²) in [5.41, 5.74) is 0. The molecule has 0 amide bonds. The molecular weight excluding hydrogens is 940 g/mol. The number of unbranched alkanes of at least 4 members (excludes halogenated alkanes) is 29. The number of ether oxygens (including phenoxy) is 4. The molecule has 0 rings (SSSR count). The van der Waals surface area contributed by atoms with Crippen molar-refractivity contribution in [2.75, 3.05) is 80.8 Å². The molecule has 0 saturated carbocycles. The molecule has 0 aliphatic heterocycles. The van der Waals surface area contributed by atoms with E-state index in [9.17, 15) is 19.2 Å². The van der Waals surface area contributed by atoms with E-state index in [0.29, 0.717) is 39.3 Å². The average Bonchev–Trinajstić information content (AvgIpc) is 3.20. The molecule has 0 spiro atoms. The van der Waals surface area contributed by atoms with Gasteiger partial charge in [-0.1, -0.05) is 154 Å². The lowest BCUT2D eigenvalue weighted by Crippen LogP contribution is -3.00. The second-order valence-electron chi connectivity index (χ2n) is 19.7. The minimum Gasteiger partial charge on any atom is -1.00 e. The first-order chi connectivity index (χ1) is 29.8. The number of hydrogen-bond acceptors (Lipinski definition) is 8. The van der Waals surface area contributed by atoms with Gasteiger partial charge in [0.25, 0.3) is 0 Å². The molecule has 0 aliphatic rings. The van der Waals surface area contributed by atoms with E-state index >= 15 is 0 Å². The van der Waals surface area contributed by atoms with Crippen LogP contribution in [0.15, 0.2) is 0 Å². The average molecular weight is 1040 g/mol. The molecule has 0 fully saturated rings. The fourth-order valence-corrected chi connectivity index (χ4v) is 8.03. The molecule has 0 aromatic heterocycles. The molecule has 0 radical (unpaired) electrons. The highest BCUT2D eigenvalue weighted by Gasteiger charge is 2.16. The maximum atomic E-state index is 12.1. The molecule has 0 bridgehead atoms. The van der Waals surface area contributed by atoms with E-state index in [0.717, 1.165) is 86.5 Å². The van der Waals surface area contributed by atoms with Gasteiger partial charge in [0.05, 0.1) is 54.5 Å². The zero-order valence-corrected chi connectivity index (χ0v) is 45.8. The van der Waals surface area contributed by atoms with Crippen LogP contribution in [0.3, 0.4) is 0 Å². The van der Waals surface area contributed by atoms with E-state index in [2.05, 4.69) is 28.2 Å². The van der Waals surface area contributed by atoms with Crippen molar-refractivity contribution in [3.05, 3.63) is 0 Å². The molecule has 12 heteroatoms. The van der Waals surface area contributed by atoms with Crippen LogP contribution in [-0.4, -0.2) is 114 Å². The summed E-state index contributed by atoms with van der Waals surface area (Å²) in [6.07, 6.45) is 40.2. The van der Waals surface area contributed by atoms with Crippen molar-refractivity contribution in [1.29, 1.82) is 0 Å². The lowest BCUT2D eigenvalue weighted by molar-refractivity contribution is -0.890. The molecule has 0 atom stereocenters. The van der Waals surface area contributed by atoms with Crippen LogP contribution in [0.2, 0.25) is 0 Å². The van der Waals surface area contributed by atoms with Crippen molar-refractivity contribution in [2.45, 2.75) is 232 Å². The van der Waals surface area contributed by atoms with Crippen LogP contribution in [0, 0.1) is 0 Å². The van der Waals surface area contributed by atoms with Crippen molar-refractivity contribution in [3.8, 4) is 0 Å². The maximum Gasteiger partial charge on any atom is 0.305 e.